The number of para-hydroxylation sites is 1. The minimum absolute atomic E-state index is 0.0807. The fourth-order valence-electron chi connectivity index (χ4n) is 6.94. The molecule has 5 heteroatoms. The normalized spacial score (nSPS) is 12.8. The molecule has 0 aliphatic heterocycles. The molecule has 0 saturated heterocycles. The second kappa shape index (κ2) is 16.4. The van der Waals surface area contributed by atoms with Crippen LogP contribution in [-0.2, 0) is 19.7 Å². The summed E-state index contributed by atoms with van der Waals surface area (Å²) in [6.45, 7) is 16.1. The van der Waals surface area contributed by atoms with E-state index in [1.165, 1.54) is 74.1 Å². The van der Waals surface area contributed by atoms with Crippen LogP contribution in [0.2, 0.25) is 0 Å². The maximum atomic E-state index is 10.1. The maximum absolute atomic E-state index is 10.1. The molecule has 3 N–H and O–H groups in total. The van der Waals surface area contributed by atoms with Crippen molar-refractivity contribution in [2.45, 2.75) is 99.4 Å². The Hall–Kier alpha value is -4.06. The summed E-state index contributed by atoms with van der Waals surface area (Å²) in [4.78, 5) is 0. The predicted molar refractivity (Wildman–Crippen MR) is 207 cm³/mol. The third-order valence-corrected chi connectivity index (χ3v) is 9.62. The van der Waals surface area contributed by atoms with E-state index in [0.717, 1.165) is 49.5 Å². The average Bonchev–Trinajstić information content (AvgIpc) is 3.59. The number of nitrogens with zero attached hydrogens (tertiary/aromatic N) is 2. The summed E-state index contributed by atoms with van der Waals surface area (Å²) in [5.74, 6) is 0.723. The van der Waals surface area contributed by atoms with Gasteiger partial charge in [0, 0.05) is 68.9 Å². The lowest BCUT2D eigenvalue weighted by Gasteiger charge is -2.12. The highest BCUT2D eigenvalue weighted by molar-refractivity contribution is 6.09. The fourth-order valence-corrected chi connectivity index (χ4v) is 6.94. The van der Waals surface area contributed by atoms with Crippen molar-refractivity contribution < 1.29 is 10.2 Å². The highest BCUT2D eigenvalue weighted by Gasteiger charge is 2.13. The van der Waals surface area contributed by atoms with Gasteiger partial charge in [0.25, 0.3) is 0 Å². The fraction of sp³-hybridized carbons (Fsp3) is 0.395. The molecule has 4 aromatic carbocycles. The van der Waals surface area contributed by atoms with Crippen LogP contribution < -0.4 is 5.32 Å². The van der Waals surface area contributed by atoms with Crippen LogP contribution in [0.3, 0.4) is 0 Å². The molecule has 2 aromatic heterocycles. The van der Waals surface area contributed by atoms with Crippen LogP contribution in [0.15, 0.2) is 90.5 Å². The number of hydrogen-bond donors (Lipinski definition) is 3. The minimum atomic E-state index is -0.368. The molecule has 0 aliphatic carbocycles. The van der Waals surface area contributed by atoms with Crippen molar-refractivity contribution in [1.29, 1.82) is 0 Å². The molecule has 2 unspecified atom stereocenters. The summed E-state index contributed by atoms with van der Waals surface area (Å²) in [5.41, 5.74) is 9.61. The molecule has 2 heterocycles. The molecule has 0 amide bonds. The van der Waals surface area contributed by atoms with Gasteiger partial charge in [-0.05, 0) is 118 Å². The van der Waals surface area contributed by atoms with Gasteiger partial charge >= 0.3 is 0 Å². The first kappa shape index (κ1) is 35.3. The number of anilines is 1. The van der Waals surface area contributed by atoms with E-state index in [1.54, 1.807) is 0 Å². The molecule has 0 radical (unpaired) electrons. The number of fused-ring (bicyclic) bond motifs is 6. The zero-order valence-electron chi connectivity index (χ0n) is 29.9. The van der Waals surface area contributed by atoms with Crippen molar-refractivity contribution in [3.8, 4) is 0 Å². The zero-order chi connectivity index (χ0) is 34.2. The van der Waals surface area contributed by atoms with Crippen molar-refractivity contribution >= 4 is 49.3 Å². The van der Waals surface area contributed by atoms with Gasteiger partial charge in [0.05, 0.1) is 12.7 Å². The molecule has 48 heavy (non-hydrogen) atoms. The van der Waals surface area contributed by atoms with E-state index < -0.39 is 0 Å². The summed E-state index contributed by atoms with van der Waals surface area (Å²) in [7, 11) is 0. The standard InChI is InChI=1S/C25H34N2O.C18H21NO/c1-5-27-24-11-9-20(17-28)15-22(24)23-16-21(10-12-25(23)27)26-14-13-19(4)8-6-7-18(2)3;1-3-11-19-16-8-6-5-7-14(16)15-12-13(18(20)4-2)9-10-17(15)19/h7,9-12,15-16,19,26,28H,5-6,8,13-14,17H2,1-4H3;5-10,12,18,20H,3-4,11H2,1-2H3. The topological polar surface area (TPSA) is 62.4 Å². The second-order valence-electron chi connectivity index (χ2n) is 13.5. The monoisotopic (exact) mass is 645 g/mol. The van der Waals surface area contributed by atoms with Crippen LogP contribution in [0.25, 0.3) is 43.6 Å². The van der Waals surface area contributed by atoms with E-state index in [2.05, 4.69) is 128 Å². The number of hydrogen-bond acceptors (Lipinski definition) is 3. The summed E-state index contributed by atoms with van der Waals surface area (Å²) < 4.78 is 4.73. The van der Waals surface area contributed by atoms with Gasteiger partial charge in [-0.1, -0.05) is 62.8 Å². The molecule has 0 aliphatic rings. The van der Waals surface area contributed by atoms with E-state index in [0.29, 0.717) is 0 Å². The third-order valence-electron chi connectivity index (χ3n) is 9.62. The number of aryl methyl sites for hydroxylation is 2. The SMILES string of the molecule is CCCn1c2ccccc2c2cc(C(O)CC)ccc21.CCn1c2ccc(CO)cc2c2cc(NCCC(C)CCC=C(C)C)ccc21. The number of aliphatic hydroxyl groups is 2. The lowest BCUT2D eigenvalue weighted by molar-refractivity contribution is 0.174. The quantitative estimate of drug-likeness (QED) is 0.110. The van der Waals surface area contributed by atoms with E-state index in [4.69, 9.17) is 0 Å². The number of allylic oxidation sites excluding steroid dienone is 2. The van der Waals surface area contributed by atoms with Gasteiger partial charge in [-0.3, -0.25) is 0 Å². The third kappa shape index (κ3) is 7.80. The number of nitrogens with one attached hydrogen (secondary N) is 1. The van der Waals surface area contributed by atoms with Crippen LogP contribution in [0.1, 0.15) is 90.9 Å². The Labute approximate surface area is 286 Å². The van der Waals surface area contributed by atoms with Crippen LogP contribution in [0, 0.1) is 5.92 Å². The first-order valence-electron chi connectivity index (χ1n) is 18.0. The van der Waals surface area contributed by atoms with Crippen molar-refractivity contribution in [2.24, 2.45) is 5.92 Å². The van der Waals surface area contributed by atoms with Crippen molar-refractivity contribution in [1.82, 2.24) is 9.13 Å². The van der Waals surface area contributed by atoms with Gasteiger partial charge in [0.15, 0.2) is 0 Å². The Kier molecular flexibility index (Phi) is 12.0. The van der Waals surface area contributed by atoms with Crippen molar-refractivity contribution in [3.63, 3.8) is 0 Å². The molecular formula is C43H55N3O2. The summed E-state index contributed by atoms with van der Waals surface area (Å²) in [6.07, 6.45) is 7.44. The molecular weight excluding hydrogens is 590 g/mol. The first-order valence-corrected chi connectivity index (χ1v) is 18.0. The largest absolute Gasteiger partial charge is 0.392 e. The molecule has 0 bridgehead atoms. The maximum Gasteiger partial charge on any atom is 0.0787 e. The summed E-state index contributed by atoms with van der Waals surface area (Å²) in [5, 5.41) is 28.2. The van der Waals surface area contributed by atoms with Gasteiger partial charge < -0.3 is 24.7 Å². The second-order valence-corrected chi connectivity index (χ2v) is 13.5. The van der Waals surface area contributed by atoms with E-state index in [-0.39, 0.29) is 12.7 Å². The Morgan fingerprint density at radius 3 is 2.15 bits per heavy atom. The lowest BCUT2D eigenvalue weighted by atomic mass is 10.0. The molecule has 0 spiro atoms. The highest BCUT2D eigenvalue weighted by Crippen LogP contribution is 2.33. The van der Waals surface area contributed by atoms with E-state index in [9.17, 15) is 10.2 Å². The van der Waals surface area contributed by atoms with Gasteiger partial charge in [-0.25, -0.2) is 0 Å². The van der Waals surface area contributed by atoms with Gasteiger partial charge in [0.2, 0.25) is 0 Å². The van der Waals surface area contributed by atoms with Crippen LogP contribution >= 0.6 is 0 Å². The molecule has 6 rings (SSSR count). The summed E-state index contributed by atoms with van der Waals surface area (Å²) >= 11 is 0. The van der Waals surface area contributed by atoms with Gasteiger partial charge in [-0.2, -0.15) is 0 Å². The van der Waals surface area contributed by atoms with E-state index >= 15 is 0 Å². The van der Waals surface area contributed by atoms with Gasteiger partial charge in [-0.15, -0.1) is 0 Å². The smallest absolute Gasteiger partial charge is 0.0787 e. The van der Waals surface area contributed by atoms with Crippen LogP contribution in [0.4, 0.5) is 5.69 Å². The van der Waals surface area contributed by atoms with Crippen LogP contribution in [-0.4, -0.2) is 25.9 Å². The molecule has 6 aromatic rings. The highest BCUT2D eigenvalue weighted by atomic mass is 16.3. The Morgan fingerprint density at radius 1 is 0.771 bits per heavy atom. The Balaban J connectivity index is 0.000000198. The molecule has 254 valence electrons. The molecule has 2 atom stereocenters. The Morgan fingerprint density at radius 2 is 1.44 bits per heavy atom. The lowest BCUT2D eigenvalue weighted by Crippen LogP contribution is -2.06. The summed E-state index contributed by atoms with van der Waals surface area (Å²) in [6, 6.07) is 27.8. The van der Waals surface area contributed by atoms with Crippen LogP contribution in [0.5, 0.6) is 0 Å². The average molecular weight is 646 g/mol. The van der Waals surface area contributed by atoms with Crippen molar-refractivity contribution in [2.75, 3.05) is 11.9 Å². The minimum Gasteiger partial charge on any atom is -0.392 e. The number of benzene rings is 4. The van der Waals surface area contributed by atoms with Crippen molar-refractivity contribution in [3.05, 3.63) is 102 Å². The first-order chi connectivity index (χ1) is 23.3. The Bertz CT molecular complexity index is 1990. The van der Waals surface area contributed by atoms with E-state index in [1.807, 2.05) is 13.0 Å². The molecule has 0 saturated carbocycles. The van der Waals surface area contributed by atoms with Gasteiger partial charge in [0.1, 0.15) is 0 Å². The predicted octanol–water partition coefficient (Wildman–Crippen LogP) is 11.1. The number of aromatic nitrogens is 2. The number of rotatable bonds is 13. The molecule has 0 fully saturated rings. The zero-order valence-corrected chi connectivity index (χ0v) is 29.9. The molecule has 5 nitrogen and oxygen atoms in total. The number of aliphatic hydroxyl groups excluding tert-OH is 2.